The Hall–Kier alpha value is -1.37. The summed E-state index contributed by atoms with van der Waals surface area (Å²) < 4.78 is 1.60. The number of carbonyl (C=O) groups excluding carboxylic acids is 2. The minimum atomic E-state index is -0.263. The van der Waals surface area contributed by atoms with Crippen molar-refractivity contribution in [2.75, 3.05) is 13.1 Å². The molecule has 2 aromatic rings. The maximum absolute atomic E-state index is 12.3. The van der Waals surface area contributed by atoms with Gasteiger partial charge in [0.05, 0.1) is 17.4 Å². The largest absolute Gasteiger partial charge is 0.343 e. The number of thiophene rings is 1. The average molecular weight is 416 g/mol. The molecular formula is C16H16BrClN2O2S. The highest BCUT2D eigenvalue weighted by Gasteiger charge is 2.15. The third-order valence-electron chi connectivity index (χ3n) is 3.22. The van der Waals surface area contributed by atoms with Gasteiger partial charge >= 0.3 is 0 Å². The summed E-state index contributed by atoms with van der Waals surface area (Å²) in [5.41, 5.74) is 0.522. The van der Waals surface area contributed by atoms with Crippen molar-refractivity contribution in [3.05, 3.63) is 55.6 Å². The minimum absolute atomic E-state index is 0.0259. The molecule has 0 saturated heterocycles. The number of carbonyl (C=O) groups is 2. The molecule has 0 fully saturated rings. The highest BCUT2D eigenvalue weighted by molar-refractivity contribution is 9.10. The third-order valence-corrected chi connectivity index (χ3v) is 4.96. The molecule has 23 heavy (non-hydrogen) atoms. The molecule has 0 aliphatic carbocycles. The lowest BCUT2D eigenvalue weighted by molar-refractivity contribution is -0.130. The molecule has 0 radical (unpaired) electrons. The molecule has 1 aromatic heterocycles. The Balaban J connectivity index is 1.89. The van der Waals surface area contributed by atoms with Crippen LogP contribution in [0.4, 0.5) is 0 Å². The van der Waals surface area contributed by atoms with Crippen LogP contribution < -0.4 is 5.32 Å². The quantitative estimate of drug-likeness (QED) is 0.777. The molecule has 1 aromatic carbocycles. The van der Waals surface area contributed by atoms with E-state index in [0.29, 0.717) is 23.0 Å². The van der Waals surface area contributed by atoms with E-state index in [0.717, 1.165) is 9.35 Å². The first kappa shape index (κ1) is 18.0. The maximum atomic E-state index is 12.3. The molecule has 0 aliphatic rings. The van der Waals surface area contributed by atoms with Gasteiger partial charge in [0.25, 0.3) is 5.91 Å². The Bertz CT molecular complexity index is 688. The number of amides is 2. The second-order valence-corrected chi connectivity index (χ2v) is 7.52. The second kappa shape index (κ2) is 8.47. The molecular weight excluding hydrogens is 400 g/mol. The van der Waals surface area contributed by atoms with E-state index in [4.69, 9.17) is 11.6 Å². The standard InChI is InChI=1S/C16H16BrClN2O2S/c1-2-20(10-13-7-8-14(18)23-13)15(21)9-19-16(22)11-3-5-12(17)6-4-11/h3-8H,2,9-10H2,1H3,(H,19,22). The summed E-state index contributed by atoms with van der Waals surface area (Å²) in [5, 5.41) is 2.66. The molecule has 0 unspecified atom stereocenters. The monoisotopic (exact) mass is 414 g/mol. The van der Waals surface area contributed by atoms with Gasteiger partial charge in [-0.3, -0.25) is 9.59 Å². The Morgan fingerprint density at radius 1 is 1.22 bits per heavy atom. The second-order valence-electron chi connectivity index (χ2n) is 4.80. The molecule has 0 bridgehead atoms. The summed E-state index contributed by atoms with van der Waals surface area (Å²) in [5.74, 6) is -0.386. The lowest BCUT2D eigenvalue weighted by Gasteiger charge is -2.20. The number of benzene rings is 1. The van der Waals surface area contributed by atoms with Crippen LogP contribution >= 0.6 is 38.9 Å². The minimum Gasteiger partial charge on any atom is -0.343 e. The normalized spacial score (nSPS) is 10.4. The number of hydrogen-bond donors (Lipinski definition) is 1. The molecule has 4 nitrogen and oxygen atoms in total. The van der Waals surface area contributed by atoms with Crippen LogP contribution in [-0.4, -0.2) is 29.8 Å². The topological polar surface area (TPSA) is 49.4 Å². The fourth-order valence-corrected chi connectivity index (χ4v) is 3.34. The molecule has 0 atom stereocenters. The van der Waals surface area contributed by atoms with Crippen molar-refractivity contribution in [1.29, 1.82) is 0 Å². The van der Waals surface area contributed by atoms with Crippen molar-refractivity contribution in [2.45, 2.75) is 13.5 Å². The first-order valence-corrected chi connectivity index (χ1v) is 9.04. The van der Waals surface area contributed by atoms with E-state index in [9.17, 15) is 9.59 Å². The molecule has 1 N–H and O–H groups in total. The Morgan fingerprint density at radius 3 is 2.48 bits per heavy atom. The summed E-state index contributed by atoms with van der Waals surface area (Å²) in [6, 6.07) is 10.7. The van der Waals surface area contributed by atoms with Gasteiger partial charge in [0.1, 0.15) is 0 Å². The van der Waals surface area contributed by atoms with Gasteiger partial charge in [-0.1, -0.05) is 27.5 Å². The molecule has 0 aliphatic heterocycles. The predicted molar refractivity (Wildman–Crippen MR) is 96.9 cm³/mol. The van der Waals surface area contributed by atoms with E-state index in [1.165, 1.54) is 11.3 Å². The van der Waals surface area contributed by atoms with Crippen molar-refractivity contribution in [2.24, 2.45) is 0 Å². The van der Waals surface area contributed by atoms with E-state index in [2.05, 4.69) is 21.2 Å². The Morgan fingerprint density at radius 2 is 1.91 bits per heavy atom. The van der Waals surface area contributed by atoms with Crippen LogP contribution in [0, 0.1) is 0 Å². The van der Waals surface area contributed by atoms with Crippen LogP contribution in [0.5, 0.6) is 0 Å². The molecule has 1 heterocycles. The van der Waals surface area contributed by atoms with E-state index in [1.807, 2.05) is 19.1 Å². The number of likely N-dealkylation sites (N-methyl/N-ethyl adjacent to an activating group) is 1. The fourth-order valence-electron chi connectivity index (χ4n) is 1.97. The summed E-state index contributed by atoms with van der Waals surface area (Å²) in [6.45, 7) is 2.95. The van der Waals surface area contributed by atoms with Gasteiger partial charge in [0.2, 0.25) is 5.91 Å². The number of nitrogens with one attached hydrogen (secondary N) is 1. The molecule has 7 heteroatoms. The summed E-state index contributed by atoms with van der Waals surface area (Å²) in [6.07, 6.45) is 0. The lowest BCUT2D eigenvalue weighted by Crippen LogP contribution is -2.39. The molecule has 122 valence electrons. The fraction of sp³-hybridized carbons (Fsp3) is 0.250. The SMILES string of the molecule is CCN(Cc1ccc(Cl)s1)C(=O)CNC(=O)c1ccc(Br)cc1. The third kappa shape index (κ3) is 5.34. The van der Waals surface area contributed by atoms with Gasteiger partial charge in [-0.05, 0) is 43.3 Å². The van der Waals surface area contributed by atoms with E-state index in [-0.39, 0.29) is 18.4 Å². The van der Waals surface area contributed by atoms with Crippen molar-refractivity contribution in [1.82, 2.24) is 10.2 Å². The van der Waals surface area contributed by atoms with Crippen LogP contribution in [0.25, 0.3) is 0 Å². The van der Waals surface area contributed by atoms with Crippen molar-refractivity contribution < 1.29 is 9.59 Å². The number of nitrogens with zero attached hydrogens (tertiary/aromatic N) is 1. The highest BCUT2D eigenvalue weighted by atomic mass is 79.9. The zero-order valence-corrected chi connectivity index (χ0v) is 15.7. The van der Waals surface area contributed by atoms with Crippen LogP contribution in [0.15, 0.2) is 40.9 Å². The van der Waals surface area contributed by atoms with Crippen molar-refractivity contribution in [3.63, 3.8) is 0 Å². The van der Waals surface area contributed by atoms with E-state index >= 15 is 0 Å². The number of hydrogen-bond acceptors (Lipinski definition) is 3. The summed E-state index contributed by atoms with van der Waals surface area (Å²) in [7, 11) is 0. The molecule has 0 saturated carbocycles. The van der Waals surface area contributed by atoms with Gasteiger partial charge in [0.15, 0.2) is 0 Å². The van der Waals surface area contributed by atoms with Gasteiger partial charge in [0, 0.05) is 21.5 Å². The molecule has 0 spiro atoms. The van der Waals surface area contributed by atoms with Crippen LogP contribution in [0.2, 0.25) is 4.34 Å². The van der Waals surface area contributed by atoms with Gasteiger partial charge < -0.3 is 10.2 Å². The van der Waals surface area contributed by atoms with Gasteiger partial charge in [-0.2, -0.15) is 0 Å². The molecule has 2 amide bonds. The Kier molecular flexibility index (Phi) is 6.62. The Labute approximate surface area is 152 Å². The first-order chi connectivity index (χ1) is 11.0. The zero-order chi connectivity index (χ0) is 16.8. The van der Waals surface area contributed by atoms with Crippen LogP contribution in [-0.2, 0) is 11.3 Å². The lowest BCUT2D eigenvalue weighted by atomic mass is 10.2. The van der Waals surface area contributed by atoms with E-state index in [1.54, 1.807) is 29.2 Å². The first-order valence-electron chi connectivity index (χ1n) is 7.05. The van der Waals surface area contributed by atoms with Crippen LogP contribution in [0.1, 0.15) is 22.2 Å². The van der Waals surface area contributed by atoms with Crippen molar-refractivity contribution in [3.8, 4) is 0 Å². The van der Waals surface area contributed by atoms with E-state index < -0.39 is 0 Å². The number of rotatable bonds is 6. The smallest absolute Gasteiger partial charge is 0.251 e. The predicted octanol–water partition coefficient (Wildman–Crippen LogP) is 3.94. The summed E-state index contributed by atoms with van der Waals surface area (Å²) in [4.78, 5) is 27.0. The maximum Gasteiger partial charge on any atom is 0.251 e. The highest BCUT2D eigenvalue weighted by Crippen LogP contribution is 2.22. The number of halogens is 2. The summed E-state index contributed by atoms with van der Waals surface area (Å²) >= 11 is 10.7. The van der Waals surface area contributed by atoms with Gasteiger partial charge in [-0.25, -0.2) is 0 Å². The zero-order valence-electron chi connectivity index (χ0n) is 12.5. The van der Waals surface area contributed by atoms with Crippen molar-refractivity contribution >= 4 is 50.7 Å². The molecule has 2 rings (SSSR count). The average Bonchev–Trinajstić information content (AvgIpc) is 2.95. The van der Waals surface area contributed by atoms with Crippen LogP contribution in [0.3, 0.4) is 0 Å². The van der Waals surface area contributed by atoms with Gasteiger partial charge in [-0.15, -0.1) is 11.3 Å².